The fourth-order valence-electron chi connectivity index (χ4n) is 1.60. The Morgan fingerprint density at radius 2 is 2.00 bits per heavy atom. The fraction of sp³-hybridized carbons (Fsp3) is 0.538. The molecule has 0 radical (unpaired) electrons. The van der Waals surface area contributed by atoms with E-state index in [1.807, 2.05) is 7.05 Å². The maximum absolute atomic E-state index is 11.4. The van der Waals surface area contributed by atoms with Gasteiger partial charge in [0.1, 0.15) is 5.75 Å². The molecule has 0 aliphatic carbocycles. The van der Waals surface area contributed by atoms with E-state index >= 15 is 0 Å². The highest BCUT2D eigenvalue weighted by Crippen LogP contribution is 2.20. The molecule has 0 bridgehead atoms. The minimum Gasteiger partial charge on any atom is -0.493 e. The van der Waals surface area contributed by atoms with Gasteiger partial charge in [0.2, 0.25) is 0 Å². The monoisotopic (exact) mass is 271 g/mol. The van der Waals surface area contributed by atoms with E-state index in [4.69, 9.17) is 4.74 Å². The summed E-state index contributed by atoms with van der Waals surface area (Å²) in [6, 6.07) is 6.59. The lowest BCUT2D eigenvalue weighted by Gasteiger charge is -2.24. The zero-order valence-corrected chi connectivity index (χ0v) is 12.2. The molecule has 1 rings (SSSR count). The summed E-state index contributed by atoms with van der Waals surface area (Å²) < 4.78 is 28.5. The Labute approximate surface area is 109 Å². The van der Waals surface area contributed by atoms with Crippen LogP contribution >= 0.6 is 0 Å². The van der Waals surface area contributed by atoms with Crippen LogP contribution in [0.5, 0.6) is 5.75 Å². The number of benzene rings is 1. The molecule has 0 aliphatic rings. The molecular weight excluding hydrogens is 250 g/mol. The second-order valence-electron chi connectivity index (χ2n) is 5.23. The SMILES string of the molecule is CNCC(C)(C)COc1cccc(S(C)(=O)=O)c1. The van der Waals surface area contributed by atoms with E-state index in [9.17, 15) is 8.42 Å². The van der Waals surface area contributed by atoms with Crippen molar-refractivity contribution < 1.29 is 13.2 Å². The second-order valence-corrected chi connectivity index (χ2v) is 7.25. The van der Waals surface area contributed by atoms with Crippen molar-refractivity contribution in [3.63, 3.8) is 0 Å². The van der Waals surface area contributed by atoms with E-state index in [1.54, 1.807) is 24.3 Å². The van der Waals surface area contributed by atoms with Crippen LogP contribution < -0.4 is 10.1 Å². The topological polar surface area (TPSA) is 55.4 Å². The lowest BCUT2D eigenvalue weighted by atomic mass is 9.95. The minimum absolute atomic E-state index is 0.00412. The van der Waals surface area contributed by atoms with E-state index in [-0.39, 0.29) is 10.3 Å². The van der Waals surface area contributed by atoms with Gasteiger partial charge in [0.15, 0.2) is 9.84 Å². The van der Waals surface area contributed by atoms with Crippen molar-refractivity contribution in [3.05, 3.63) is 24.3 Å². The lowest BCUT2D eigenvalue weighted by molar-refractivity contribution is 0.179. The van der Waals surface area contributed by atoms with Gasteiger partial charge in [0, 0.05) is 18.2 Å². The van der Waals surface area contributed by atoms with Crippen LogP contribution in [0.2, 0.25) is 0 Å². The van der Waals surface area contributed by atoms with Crippen LogP contribution in [0.3, 0.4) is 0 Å². The van der Waals surface area contributed by atoms with Crippen molar-refractivity contribution in [1.29, 1.82) is 0 Å². The smallest absolute Gasteiger partial charge is 0.175 e. The highest BCUT2D eigenvalue weighted by molar-refractivity contribution is 7.90. The van der Waals surface area contributed by atoms with E-state index in [0.29, 0.717) is 12.4 Å². The Morgan fingerprint density at radius 3 is 2.56 bits per heavy atom. The maximum Gasteiger partial charge on any atom is 0.175 e. The van der Waals surface area contributed by atoms with Gasteiger partial charge >= 0.3 is 0 Å². The van der Waals surface area contributed by atoms with Crippen molar-refractivity contribution in [2.45, 2.75) is 18.7 Å². The molecule has 1 N–H and O–H groups in total. The van der Waals surface area contributed by atoms with Crippen molar-refractivity contribution in [3.8, 4) is 5.75 Å². The summed E-state index contributed by atoms with van der Waals surface area (Å²) in [5.74, 6) is 0.585. The summed E-state index contributed by atoms with van der Waals surface area (Å²) in [4.78, 5) is 0.284. The van der Waals surface area contributed by atoms with Crippen LogP contribution in [0.25, 0.3) is 0 Å². The summed E-state index contributed by atoms with van der Waals surface area (Å²) in [6.07, 6.45) is 1.19. The predicted molar refractivity (Wildman–Crippen MR) is 72.8 cm³/mol. The molecule has 1 aromatic rings. The van der Waals surface area contributed by atoms with Gasteiger partial charge in [-0.3, -0.25) is 0 Å². The normalized spacial score (nSPS) is 12.4. The molecule has 0 aromatic heterocycles. The highest BCUT2D eigenvalue weighted by atomic mass is 32.2. The van der Waals surface area contributed by atoms with Crippen LogP contribution in [0.1, 0.15) is 13.8 Å². The summed E-state index contributed by atoms with van der Waals surface area (Å²) in [7, 11) is -1.29. The Kier molecular flexibility index (Phi) is 4.76. The molecule has 0 atom stereocenters. The first kappa shape index (κ1) is 15.0. The number of rotatable bonds is 6. The van der Waals surface area contributed by atoms with E-state index in [1.165, 1.54) is 6.26 Å². The molecule has 1 aromatic carbocycles. The molecule has 0 spiro atoms. The number of sulfone groups is 1. The van der Waals surface area contributed by atoms with Gasteiger partial charge in [-0.1, -0.05) is 19.9 Å². The molecule has 0 heterocycles. The first-order valence-corrected chi connectivity index (χ1v) is 7.71. The fourth-order valence-corrected chi connectivity index (χ4v) is 2.26. The lowest BCUT2D eigenvalue weighted by Crippen LogP contribution is -2.32. The predicted octanol–water partition coefficient (Wildman–Crippen LogP) is 1.71. The third-order valence-electron chi connectivity index (χ3n) is 2.52. The van der Waals surface area contributed by atoms with Gasteiger partial charge < -0.3 is 10.1 Å². The van der Waals surface area contributed by atoms with Crippen molar-refractivity contribution in [1.82, 2.24) is 5.32 Å². The average Bonchev–Trinajstić information content (AvgIpc) is 2.26. The van der Waals surface area contributed by atoms with Crippen LogP contribution in [0, 0.1) is 5.41 Å². The van der Waals surface area contributed by atoms with Crippen molar-refractivity contribution in [2.24, 2.45) is 5.41 Å². The van der Waals surface area contributed by atoms with Crippen molar-refractivity contribution >= 4 is 9.84 Å². The van der Waals surface area contributed by atoms with Crippen LogP contribution in [-0.2, 0) is 9.84 Å². The molecule has 18 heavy (non-hydrogen) atoms. The number of ether oxygens (including phenoxy) is 1. The quantitative estimate of drug-likeness (QED) is 0.856. The molecule has 4 nitrogen and oxygen atoms in total. The summed E-state index contributed by atoms with van der Waals surface area (Å²) in [6.45, 7) is 5.54. The number of nitrogens with one attached hydrogen (secondary N) is 1. The van der Waals surface area contributed by atoms with E-state index in [0.717, 1.165) is 6.54 Å². The number of hydrogen-bond donors (Lipinski definition) is 1. The number of hydrogen-bond acceptors (Lipinski definition) is 4. The van der Waals surface area contributed by atoms with Crippen LogP contribution in [0.4, 0.5) is 0 Å². The molecule has 0 amide bonds. The first-order chi connectivity index (χ1) is 8.24. The summed E-state index contributed by atoms with van der Waals surface area (Å²) in [5, 5.41) is 3.10. The van der Waals surface area contributed by atoms with Gasteiger partial charge in [-0.15, -0.1) is 0 Å². The first-order valence-electron chi connectivity index (χ1n) is 5.82. The highest BCUT2D eigenvalue weighted by Gasteiger charge is 2.18. The van der Waals surface area contributed by atoms with Gasteiger partial charge in [-0.2, -0.15) is 0 Å². The van der Waals surface area contributed by atoms with E-state index in [2.05, 4.69) is 19.2 Å². The molecule has 102 valence electrons. The third kappa shape index (κ3) is 4.66. The van der Waals surface area contributed by atoms with Gasteiger partial charge in [0.05, 0.1) is 11.5 Å². The van der Waals surface area contributed by atoms with Crippen LogP contribution in [0.15, 0.2) is 29.2 Å². The molecule has 0 aliphatic heterocycles. The molecule has 0 saturated carbocycles. The largest absolute Gasteiger partial charge is 0.493 e. The second kappa shape index (κ2) is 5.71. The maximum atomic E-state index is 11.4. The Balaban J connectivity index is 2.75. The Morgan fingerprint density at radius 1 is 1.33 bits per heavy atom. The molecular formula is C13H21NO3S. The molecule has 0 saturated heterocycles. The summed E-state index contributed by atoms with van der Waals surface area (Å²) in [5.41, 5.74) is -0.00412. The standard InChI is InChI=1S/C13H21NO3S/c1-13(2,9-14-3)10-17-11-6-5-7-12(8-11)18(4,15)16/h5-8,14H,9-10H2,1-4H3. The van der Waals surface area contributed by atoms with Gasteiger partial charge in [0.25, 0.3) is 0 Å². The summed E-state index contributed by atoms with van der Waals surface area (Å²) >= 11 is 0. The van der Waals surface area contributed by atoms with E-state index < -0.39 is 9.84 Å². The molecule has 5 heteroatoms. The van der Waals surface area contributed by atoms with Gasteiger partial charge in [-0.25, -0.2) is 8.42 Å². The zero-order chi connectivity index (χ0) is 13.8. The van der Waals surface area contributed by atoms with Crippen LogP contribution in [-0.4, -0.2) is 34.9 Å². The zero-order valence-electron chi connectivity index (χ0n) is 11.4. The Bertz CT molecular complexity index is 495. The Hall–Kier alpha value is -1.07. The molecule has 0 fully saturated rings. The van der Waals surface area contributed by atoms with Crippen molar-refractivity contribution in [2.75, 3.05) is 26.5 Å². The minimum atomic E-state index is -3.18. The third-order valence-corrected chi connectivity index (χ3v) is 3.63. The molecule has 0 unspecified atom stereocenters. The van der Waals surface area contributed by atoms with Gasteiger partial charge in [-0.05, 0) is 25.2 Å². The average molecular weight is 271 g/mol.